The largest absolute Gasteiger partial charge is 0.416 e. The molecule has 152 valence electrons. The van der Waals surface area contributed by atoms with Gasteiger partial charge in [-0.2, -0.15) is 23.4 Å². The molecule has 0 bridgehead atoms. The van der Waals surface area contributed by atoms with Crippen molar-refractivity contribution in [2.75, 3.05) is 0 Å². The van der Waals surface area contributed by atoms with E-state index in [4.69, 9.17) is 5.73 Å². The van der Waals surface area contributed by atoms with Gasteiger partial charge < -0.3 is 5.73 Å². The van der Waals surface area contributed by atoms with Crippen LogP contribution in [0.2, 0.25) is 0 Å². The standard InChI is InChI=1S/C21H16F3N5O/c22-21(23,24)15-2-1-3-17(12-15)28-11-9-19(30)20(27-28)18-8-10-26-29(18)16-6-4-14(13-25)5-7-16/h1-12H,13,25H2. The average Bonchev–Trinajstić information content (AvgIpc) is 3.23. The van der Waals surface area contributed by atoms with E-state index in [0.717, 1.165) is 17.7 Å². The molecule has 0 saturated carbocycles. The van der Waals surface area contributed by atoms with Crippen LogP contribution < -0.4 is 11.2 Å². The molecule has 4 rings (SSSR count). The number of benzene rings is 2. The minimum absolute atomic E-state index is 0.0651. The molecule has 0 amide bonds. The molecule has 0 aliphatic heterocycles. The lowest BCUT2D eigenvalue weighted by Crippen LogP contribution is -2.15. The quantitative estimate of drug-likeness (QED) is 0.557. The molecule has 2 N–H and O–H groups in total. The predicted octanol–water partition coefficient (Wildman–Crippen LogP) is 3.56. The van der Waals surface area contributed by atoms with Crippen molar-refractivity contribution in [1.82, 2.24) is 19.6 Å². The van der Waals surface area contributed by atoms with Gasteiger partial charge in [0.15, 0.2) is 5.69 Å². The van der Waals surface area contributed by atoms with Gasteiger partial charge in [0.2, 0.25) is 5.43 Å². The summed E-state index contributed by atoms with van der Waals surface area (Å²) in [6, 6.07) is 14.9. The van der Waals surface area contributed by atoms with E-state index in [2.05, 4.69) is 10.2 Å². The molecular weight excluding hydrogens is 395 g/mol. The molecule has 0 spiro atoms. The molecule has 2 aromatic heterocycles. The Bertz CT molecular complexity index is 1240. The van der Waals surface area contributed by atoms with Crippen LogP contribution in [0.1, 0.15) is 11.1 Å². The third-order valence-electron chi connectivity index (χ3n) is 4.55. The minimum atomic E-state index is -4.48. The fraction of sp³-hybridized carbons (Fsp3) is 0.0952. The van der Waals surface area contributed by atoms with Crippen molar-refractivity contribution in [2.45, 2.75) is 12.7 Å². The van der Waals surface area contributed by atoms with Crippen LogP contribution >= 0.6 is 0 Å². The monoisotopic (exact) mass is 411 g/mol. The molecule has 0 atom stereocenters. The fourth-order valence-corrected chi connectivity index (χ4v) is 3.02. The number of halogens is 3. The molecule has 2 aromatic carbocycles. The van der Waals surface area contributed by atoms with Crippen molar-refractivity contribution >= 4 is 0 Å². The summed E-state index contributed by atoms with van der Waals surface area (Å²) >= 11 is 0. The van der Waals surface area contributed by atoms with Gasteiger partial charge in [0.05, 0.1) is 28.8 Å². The van der Waals surface area contributed by atoms with Crippen LogP contribution in [0.25, 0.3) is 22.8 Å². The second-order valence-electron chi connectivity index (χ2n) is 6.52. The average molecular weight is 411 g/mol. The topological polar surface area (TPSA) is 78.7 Å². The number of aromatic nitrogens is 4. The van der Waals surface area contributed by atoms with Gasteiger partial charge in [-0.1, -0.05) is 18.2 Å². The number of nitrogens with zero attached hydrogens (tertiary/aromatic N) is 4. The number of hydrogen-bond acceptors (Lipinski definition) is 4. The van der Waals surface area contributed by atoms with Crippen LogP contribution in [-0.2, 0) is 12.7 Å². The summed E-state index contributed by atoms with van der Waals surface area (Å²) in [7, 11) is 0. The Morgan fingerprint density at radius 1 is 0.967 bits per heavy atom. The summed E-state index contributed by atoms with van der Waals surface area (Å²) in [6.45, 7) is 0.397. The summed E-state index contributed by atoms with van der Waals surface area (Å²) in [5, 5.41) is 8.54. The molecule has 30 heavy (non-hydrogen) atoms. The van der Waals surface area contributed by atoms with E-state index in [0.29, 0.717) is 17.9 Å². The Morgan fingerprint density at radius 2 is 1.73 bits per heavy atom. The maximum atomic E-state index is 13.0. The molecule has 6 nitrogen and oxygen atoms in total. The van der Waals surface area contributed by atoms with Crippen molar-refractivity contribution in [3.8, 4) is 22.8 Å². The lowest BCUT2D eigenvalue weighted by molar-refractivity contribution is -0.137. The van der Waals surface area contributed by atoms with E-state index in [-0.39, 0.29) is 16.8 Å². The fourth-order valence-electron chi connectivity index (χ4n) is 3.02. The van der Waals surface area contributed by atoms with E-state index < -0.39 is 11.7 Å². The van der Waals surface area contributed by atoms with Gasteiger partial charge in [-0.15, -0.1) is 0 Å². The van der Waals surface area contributed by atoms with Crippen LogP contribution in [0, 0.1) is 0 Å². The van der Waals surface area contributed by atoms with Gasteiger partial charge in [-0.05, 0) is 42.0 Å². The van der Waals surface area contributed by atoms with Crippen molar-refractivity contribution in [1.29, 1.82) is 0 Å². The molecule has 0 saturated heterocycles. The molecular formula is C21H16F3N5O. The maximum absolute atomic E-state index is 13.0. The highest BCUT2D eigenvalue weighted by atomic mass is 19.4. The highest BCUT2D eigenvalue weighted by molar-refractivity contribution is 5.57. The summed E-state index contributed by atoms with van der Waals surface area (Å²) in [4.78, 5) is 12.5. The van der Waals surface area contributed by atoms with Gasteiger partial charge >= 0.3 is 6.18 Å². The van der Waals surface area contributed by atoms with Gasteiger partial charge in [0, 0.05) is 18.8 Å². The van der Waals surface area contributed by atoms with Crippen LogP contribution in [0.15, 0.2) is 77.9 Å². The Morgan fingerprint density at radius 3 is 2.43 bits per heavy atom. The van der Waals surface area contributed by atoms with Crippen molar-refractivity contribution in [3.05, 3.63) is 94.4 Å². The molecule has 2 heterocycles. The first-order valence-electron chi connectivity index (χ1n) is 8.98. The smallest absolute Gasteiger partial charge is 0.326 e. The molecule has 0 fully saturated rings. The molecule has 0 unspecified atom stereocenters. The van der Waals surface area contributed by atoms with Crippen molar-refractivity contribution < 1.29 is 13.2 Å². The normalized spacial score (nSPS) is 11.6. The number of hydrogen-bond donors (Lipinski definition) is 1. The third kappa shape index (κ3) is 3.74. The summed E-state index contributed by atoms with van der Waals surface area (Å²) in [5.74, 6) is 0. The predicted molar refractivity (Wildman–Crippen MR) is 105 cm³/mol. The SMILES string of the molecule is NCc1ccc(-n2nccc2-c2nn(-c3cccc(C(F)(F)F)c3)ccc2=O)cc1. The first kappa shape index (κ1) is 19.6. The van der Waals surface area contributed by atoms with E-state index >= 15 is 0 Å². The Hall–Kier alpha value is -3.72. The first-order chi connectivity index (χ1) is 14.4. The Kier molecular flexibility index (Phi) is 4.96. The number of nitrogens with two attached hydrogens (primary N) is 1. The summed E-state index contributed by atoms with van der Waals surface area (Å²) < 4.78 is 41.9. The zero-order valence-corrected chi connectivity index (χ0v) is 15.5. The van der Waals surface area contributed by atoms with Gasteiger partial charge in [0.25, 0.3) is 0 Å². The Labute approximate surface area is 169 Å². The summed E-state index contributed by atoms with van der Waals surface area (Å²) in [5.41, 5.74) is 6.75. The molecule has 0 aliphatic carbocycles. The summed E-state index contributed by atoms with van der Waals surface area (Å²) in [6.07, 6.45) is -1.63. The van der Waals surface area contributed by atoms with Crippen LogP contribution in [0.5, 0.6) is 0 Å². The van der Waals surface area contributed by atoms with Crippen LogP contribution in [0.3, 0.4) is 0 Å². The second kappa shape index (κ2) is 7.60. The van der Waals surface area contributed by atoms with Crippen LogP contribution in [-0.4, -0.2) is 19.6 Å². The van der Waals surface area contributed by atoms with E-state index in [1.54, 1.807) is 10.7 Å². The lowest BCUT2D eigenvalue weighted by Gasteiger charge is -2.12. The number of rotatable bonds is 4. The van der Waals surface area contributed by atoms with Gasteiger partial charge in [0.1, 0.15) is 0 Å². The molecule has 0 aliphatic rings. The lowest BCUT2D eigenvalue weighted by atomic mass is 10.2. The minimum Gasteiger partial charge on any atom is -0.326 e. The Balaban J connectivity index is 1.79. The molecule has 4 aromatic rings. The van der Waals surface area contributed by atoms with Gasteiger partial charge in [-0.3, -0.25) is 4.79 Å². The zero-order valence-electron chi connectivity index (χ0n) is 15.5. The molecule has 9 heteroatoms. The van der Waals surface area contributed by atoms with E-state index in [1.807, 2.05) is 24.3 Å². The van der Waals surface area contributed by atoms with E-state index in [1.165, 1.54) is 35.3 Å². The van der Waals surface area contributed by atoms with E-state index in [9.17, 15) is 18.0 Å². The highest BCUT2D eigenvalue weighted by Gasteiger charge is 2.30. The van der Waals surface area contributed by atoms with Crippen LogP contribution in [0.4, 0.5) is 13.2 Å². The van der Waals surface area contributed by atoms with Gasteiger partial charge in [-0.25, -0.2) is 9.36 Å². The number of alkyl halides is 3. The maximum Gasteiger partial charge on any atom is 0.416 e. The first-order valence-corrected chi connectivity index (χ1v) is 8.98. The van der Waals surface area contributed by atoms with Crippen molar-refractivity contribution in [3.63, 3.8) is 0 Å². The second-order valence-corrected chi connectivity index (χ2v) is 6.52. The van der Waals surface area contributed by atoms with Crippen molar-refractivity contribution in [2.24, 2.45) is 5.73 Å². The third-order valence-corrected chi connectivity index (χ3v) is 4.55. The molecule has 0 radical (unpaired) electrons. The highest BCUT2D eigenvalue weighted by Crippen LogP contribution is 2.30. The zero-order chi connectivity index (χ0) is 21.3.